The highest BCUT2D eigenvalue weighted by atomic mass is 35.5. The number of rotatable bonds is 19. The number of aromatic nitrogens is 1. The molecular formula is C54H68ClN7O8S. The van der Waals surface area contributed by atoms with Crippen LogP contribution in [0.1, 0.15) is 108 Å². The molecule has 3 aromatic carbocycles. The fraction of sp³-hybridized carbons (Fsp3) is 0.519. The Morgan fingerprint density at radius 2 is 1.69 bits per heavy atom. The normalized spacial score (nSPS) is 21.6. The fourth-order valence-electron chi connectivity index (χ4n) is 10.5. The zero-order valence-electron chi connectivity index (χ0n) is 42.2. The van der Waals surface area contributed by atoms with Crippen LogP contribution in [0.3, 0.4) is 0 Å². The van der Waals surface area contributed by atoms with Crippen molar-refractivity contribution in [3.8, 4) is 22.3 Å². The largest absolute Gasteiger partial charge is 0.489 e. The molecule has 2 aliphatic heterocycles. The number of carbonyl (C=O) groups is 4. The number of β-amino-alcohol motifs (C(OH)–C–C–N with tert-alkyl or cyclic N) is 1. The molecular weight excluding hydrogens is 942 g/mol. The number of carbonyl (C=O) groups excluding carboxylic acids is 4. The minimum absolute atomic E-state index is 0.0233. The summed E-state index contributed by atoms with van der Waals surface area (Å²) in [4.78, 5) is 61.5. The number of aryl methyl sites for hydroxylation is 1. The summed E-state index contributed by atoms with van der Waals surface area (Å²) in [7, 11) is 0. The van der Waals surface area contributed by atoms with Crippen molar-refractivity contribution in [2.24, 2.45) is 21.7 Å². The van der Waals surface area contributed by atoms with E-state index in [4.69, 9.17) is 25.8 Å². The van der Waals surface area contributed by atoms with Gasteiger partial charge in [0.15, 0.2) is 0 Å². The van der Waals surface area contributed by atoms with Crippen molar-refractivity contribution in [1.82, 2.24) is 25.8 Å². The summed E-state index contributed by atoms with van der Waals surface area (Å²) in [6.07, 6.45) is 0.451. The molecule has 1 aromatic heterocycles. The van der Waals surface area contributed by atoms with Crippen molar-refractivity contribution < 1.29 is 38.5 Å². The van der Waals surface area contributed by atoms with Crippen molar-refractivity contribution in [1.29, 1.82) is 5.26 Å². The van der Waals surface area contributed by atoms with E-state index >= 15 is 0 Å². The smallest absolute Gasteiger partial charge is 0.251 e. The molecule has 15 nitrogen and oxygen atoms in total. The predicted octanol–water partition coefficient (Wildman–Crippen LogP) is 7.85. The third-order valence-corrected chi connectivity index (χ3v) is 15.7. The van der Waals surface area contributed by atoms with Crippen LogP contribution in [-0.2, 0) is 23.9 Å². The lowest BCUT2D eigenvalue weighted by Gasteiger charge is -2.63. The molecule has 17 heteroatoms. The van der Waals surface area contributed by atoms with Crippen molar-refractivity contribution in [3.63, 3.8) is 0 Å². The van der Waals surface area contributed by atoms with Crippen LogP contribution in [0.15, 0.2) is 72.2 Å². The van der Waals surface area contributed by atoms with E-state index in [1.165, 1.54) is 4.90 Å². The van der Waals surface area contributed by atoms with Gasteiger partial charge in [0, 0.05) is 65.7 Å². The SMILES string of the molecule is Cc1ncsc1-c1ccc([C@H](C)NC(=O)C2C[C@@H](O)CN2C(=O)[C@@H](NC(=O)COCCC2(CCNc3ccc(C(=O)N[C@H]4C(C)(C)[C@H](Oc5ccc(C#N)c(Cl)c5)C4(C)C)cc3)COC2)C(C)(C)C)cc1. The summed E-state index contributed by atoms with van der Waals surface area (Å²) in [5.41, 5.74) is 4.90. The second-order valence-corrected chi connectivity index (χ2v) is 23.0. The number of hydrogen-bond acceptors (Lipinski definition) is 12. The maximum Gasteiger partial charge on any atom is 0.251 e. The average Bonchev–Trinajstić information content (AvgIpc) is 3.93. The Morgan fingerprint density at radius 1 is 1.00 bits per heavy atom. The number of nitrogens with one attached hydrogen (secondary N) is 4. The Hall–Kier alpha value is -5.57. The summed E-state index contributed by atoms with van der Waals surface area (Å²) in [6.45, 7) is 19.5. The Kier molecular flexibility index (Phi) is 16.2. The number of halogens is 1. The number of hydrogen-bond donors (Lipinski definition) is 5. The van der Waals surface area contributed by atoms with Crippen LogP contribution in [0.4, 0.5) is 5.69 Å². The Morgan fingerprint density at radius 3 is 2.28 bits per heavy atom. The van der Waals surface area contributed by atoms with Crippen molar-refractivity contribution in [2.75, 3.05) is 44.8 Å². The van der Waals surface area contributed by atoms with E-state index in [0.717, 1.165) is 33.8 Å². The molecule has 2 saturated heterocycles. The third-order valence-electron chi connectivity index (χ3n) is 14.4. The lowest BCUT2D eigenvalue weighted by molar-refractivity contribution is -0.164. The maximum absolute atomic E-state index is 14.2. The molecule has 0 radical (unpaired) electrons. The van der Waals surface area contributed by atoms with Gasteiger partial charge in [-0.3, -0.25) is 19.2 Å². The summed E-state index contributed by atoms with van der Waals surface area (Å²) in [5.74, 6) is -0.862. The Labute approximate surface area is 426 Å². The Bertz CT molecular complexity index is 2590. The first kappa shape index (κ1) is 53.2. The second-order valence-electron chi connectivity index (χ2n) is 21.7. The summed E-state index contributed by atoms with van der Waals surface area (Å²) >= 11 is 7.83. The van der Waals surface area contributed by atoms with Crippen LogP contribution in [0.2, 0.25) is 5.02 Å². The van der Waals surface area contributed by atoms with Gasteiger partial charge in [0.05, 0.1) is 52.0 Å². The van der Waals surface area contributed by atoms with Gasteiger partial charge in [-0.1, -0.05) is 84.3 Å². The number of amides is 4. The Balaban J connectivity index is 0.841. The highest BCUT2D eigenvalue weighted by Crippen LogP contribution is 2.55. The predicted molar refractivity (Wildman–Crippen MR) is 274 cm³/mol. The van der Waals surface area contributed by atoms with Crippen LogP contribution < -0.4 is 26.0 Å². The standard InChI is InChI=1S/C54H68ClN7O8S/c1-32(34-10-12-35(13-11-34)44-33(2)58-31-71-44)59-47(66)42-24-39(63)27-62(42)48(67)45(51(3,4)5)60-43(64)28-68-23-21-54(29-69-30-54)20-22-57-38-17-14-36(15-18-38)46(65)61-49-52(6,7)50(53(49,8)9)70-40-19-16-37(26-56)41(55)25-40/h10-19,25,31-32,39,42,45,49-50,57,63H,20-24,27-30H2,1-9H3,(H,59,66)(H,60,64)(H,61,65)/t32-,39+,42?,45+,49-,50-/m0/s1. The molecule has 0 bridgehead atoms. The third kappa shape index (κ3) is 12.0. The molecule has 0 spiro atoms. The van der Waals surface area contributed by atoms with E-state index in [9.17, 15) is 29.5 Å². The van der Waals surface area contributed by atoms with Crippen LogP contribution in [0.25, 0.3) is 10.4 Å². The highest BCUT2D eigenvalue weighted by molar-refractivity contribution is 7.13. The summed E-state index contributed by atoms with van der Waals surface area (Å²) in [5, 5.41) is 32.9. The lowest BCUT2D eigenvalue weighted by atomic mass is 9.49. The van der Waals surface area contributed by atoms with Crippen molar-refractivity contribution in [2.45, 2.75) is 118 Å². The molecule has 1 unspecified atom stereocenters. The molecule has 4 aromatic rings. The first-order valence-corrected chi connectivity index (χ1v) is 25.5. The number of nitrogens with zero attached hydrogens (tertiary/aromatic N) is 3. The molecule has 3 heterocycles. The number of aliphatic hydroxyl groups is 1. The maximum atomic E-state index is 14.2. The molecule has 5 N–H and O–H groups in total. The molecule has 380 valence electrons. The molecule has 1 aliphatic carbocycles. The van der Waals surface area contributed by atoms with Crippen LogP contribution in [0, 0.1) is 39.9 Å². The van der Waals surface area contributed by atoms with E-state index in [1.54, 1.807) is 41.7 Å². The summed E-state index contributed by atoms with van der Waals surface area (Å²) in [6, 6.07) is 20.0. The minimum atomic E-state index is -0.974. The van der Waals surface area contributed by atoms with Gasteiger partial charge in [-0.15, -0.1) is 11.3 Å². The number of thiazole rings is 1. The molecule has 7 rings (SSSR count). The molecule has 4 amide bonds. The fourth-order valence-corrected chi connectivity index (χ4v) is 11.5. The van der Waals surface area contributed by atoms with E-state index in [2.05, 4.69) is 60.0 Å². The quantitative estimate of drug-likeness (QED) is 0.0573. The van der Waals surface area contributed by atoms with Crippen LogP contribution in [-0.4, -0.2) is 108 Å². The first-order valence-electron chi connectivity index (χ1n) is 24.3. The van der Waals surface area contributed by atoms with Gasteiger partial charge in [-0.25, -0.2) is 4.98 Å². The number of aliphatic hydroxyl groups excluding tert-OH is 1. The zero-order valence-corrected chi connectivity index (χ0v) is 43.8. The second kappa shape index (κ2) is 21.6. The van der Waals surface area contributed by atoms with E-state index < -0.39 is 46.2 Å². The average molecular weight is 1010 g/mol. The first-order chi connectivity index (χ1) is 33.5. The molecule has 71 heavy (non-hydrogen) atoms. The van der Waals surface area contributed by atoms with Crippen molar-refractivity contribution >= 4 is 52.3 Å². The number of nitriles is 1. The van der Waals surface area contributed by atoms with E-state index in [-0.39, 0.29) is 55.0 Å². The van der Waals surface area contributed by atoms with Gasteiger partial charge >= 0.3 is 0 Å². The number of ether oxygens (including phenoxy) is 3. The van der Waals surface area contributed by atoms with Gasteiger partial charge in [0.2, 0.25) is 17.7 Å². The van der Waals surface area contributed by atoms with E-state index in [0.29, 0.717) is 54.7 Å². The molecule has 3 aliphatic rings. The minimum Gasteiger partial charge on any atom is -0.489 e. The summed E-state index contributed by atoms with van der Waals surface area (Å²) < 4.78 is 17.9. The van der Waals surface area contributed by atoms with Crippen molar-refractivity contribution in [3.05, 3.63) is 99.6 Å². The van der Waals surface area contributed by atoms with Crippen LogP contribution in [0.5, 0.6) is 5.75 Å². The van der Waals surface area contributed by atoms with Crippen LogP contribution >= 0.6 is 22.9 Å². The zero-order chi connectivity index (χ0) is 51.5. The molecule has 4 atom stereocenters. The van der Waals surface area contributed by atoms with Gasteiger partial charge < -0.3 is 45.5 Å². The van der Waals surface area contributed by atoms with Gasteiger partial charge in [-0.2, -0.15) is 5.26 Å². The van der Waals surface area contributed by atoms with Gasteiger partial charge in [-0.05, 0) is 79.6 Å². The molecule has 3 fully saturated rings. The number of anilines is 1. The topological polar surface area (TPSA) is 204 Å². The van der Waals surface area contributed by atoms with E-state index in [1.807, 2.05) is 76.5 Å². The number of benzene rings is 3. The molecule has 1 saturated carbocycles. The highest BCUT2D eigenvalue weighted by Gasteiger charge is 2.64. The lowest BCUT2D eigenvalue weighted by Crippen LogP contribution is -2.74. The van der Waals surface area contributed by atoms with Gasteiger partial charge in [0.25, 0.3) is 5.91 Å². The monoisotopic (exact) mass is 1010 g/mol. The number of likely N-dealkylation sites (tertiary alicyclic amines) is 1. The van der Waals surface area contributed by atoms with Gasteiger partial charge in [0.1, 0.15) is 36.6 Å².